The van der Waals surface area contributed by atoms with Crippen LogP contribution in [-0.4, -0.2) is 36.5 Å². The molecule has 1 amide bonds. The van der Waals surface area contributed by atoms with Gasteiger partial charge in [0.15, 0.2) is 0 Å². The standard InChI is InChI=1S/C12H23N3O/c1-4-15(5-2)10-6-7-11(3)14-12(16)8-9-13/h11H,4-8,10H2,1-3H3,(H,14,16). The fourth-order valence-electron chi connectivity index (χ4n) is 1.63. The zero-order chi connectivity index (χ0) is 12.4. The molecule has 1 unspecified atom stereocenters. The molecular formula is C12H23N3O. The fourth-order valence-corrected chi connectivity index (χ4v) is 1.63. The predicted octanol–water partition coefficient (Wildman–Crippen LogP) is 1.53. The molecular weight excluding hydrogens is 202 g/mol. The quantitative estimate of drug-likeness (QED) is 0.681. The third kappa shape index (κ3) is 7.24. The first-order valence-electron chi connectivity index (χ1n) is 6.02. The van der Waals surface area contributed by atoms with E-state index >= 15 is 0 Å². The largest absolute Gasteiger partial charge is 0.353 e. The van der Waals surface area contributed by atoms with Crippen molar-refractivity contribution in [3.63, 3.8) is 0 Å². The molecule has 0 aromatic rings. The second kappa shape index (κ2) is 9.17. The Hall–Kier alpha value is -1.08. The Morgan fingerprint density at radius 1 is 1.44 bits per heavy atom. The van der Waals surface area contributed by atoms with Gasteiger partial charge in [-0.3, -0.25) is 4.79 Å². The van der Waals surface area contributed by atoms with Crippen LogP contribution in [0.5, 0.6) is 0 Å². The van der Waals surface area contributed by atoms with Crippen molar-refractivity contribution in [1.82, 2.24) is 10.2 Å². The number of nitrogens with one attached hydrogen (secondary N) is 1. The summed E-state index contributed by atoms with van der Waals surface area (Å²) in [7, 11) is 0. The molecule has 0 heterocycles. The van der Waals surface area contributed by atoms with E-state index in [4.69, 9.17) is 5.26 Å². The zero-order valence-electron chi connectivity index (χ0n) is 10.6. The number of carbonyl (C=O) groups is 1. The Kier molecular flexibility index (Phi) is 8.55. The Balaban J connectivity index is 3.61. The lowest BCUT2D eigenvalue weighted by Gasteiger charge is -2.19. The molecule has 1 N–H and O–H groups in total. The van der Waals surface area contributed by atoms with Crippen molar-refractivity contribution < 1.29 is 4.79 Å². The van der Waals surface area contributed by atoms with Gasteiger partial charge in [-0.1, -0.05) is 13.8 Å². The third-order valence-corrected chi connectivity index (χ3v) is 2.65. The van der Waals surface area contributed by atoms with Crippen LogP contribution in [-0.2, 0) is 4.79 Å². The summed E-state index contributed by atoms with van der Waals surface area (Å²) in [5.74, 6) is -0.169. The van der Waals surface area contributed by atoms with E-state index in [0.29, 0.717) is 0 Å². The highest BCUT2D eigenvalue weighted by molar-refractivity contribution is 5.78. The molecule has 0 rings (SSSR count). The van der Waals surface area contributed by atoms with Crippen LogP contribution in [0.15, 0.2) is 0 Å². The minimum atomic E-state index is -0.169. The van der Waals surface area contributed by atoms with E-state index in [9.17, 15) is 4.79 Å². The van der Waals surface area contributed by atoms with Crippen LogP contribution in [0.2, 0.25) is 0 Å². The van der Waals surface area contributed by atoms with Gasteiger partial charge >= 0.3 is 0 Å². The number of nitriles is 1. The Labute approximate surface area is 98.6 Å². The summed E-state index contributed by atoms with van der Waals surface area (Å²) in [6, 6.07) is 2.01. The van der Waals surface area contributed by atoms with Gasteiger partial charge in [-0.15, -0.1) is 0 Å². The van der Waals surface area contributed by atoms with Gasteiger partial charge in [-0.2, -0.15) is 5.26 Å². The lowest BCUT2D eigenvalue weighted by molar-refractivity contribution is -0.120. The maximum Gasteiger partial charge on any atom is 0.234 e. The van der Waals surface area contributed by atoms with Crippen molar-refractivity contribution in [3.05, 3.63) is 0 Å². The zero-order valence-corrected chi connectivity index (χ0v) is 10.6. The first-order chi connectivity index (χ1) is 7.63. The number of hydrogen-bond acceptors (Lipinski definition) is 3. The monoisotopic (exact) mass is 225 g/mol. The maximum atomic E-state index is 11.1. The normalized spacial score (nSPS) is 12.2. The molecule has 92 valence electrons. The maximum absolute atomic E-state index is 11.1. The SMILES string of the molecule is CCN(CC)CCCC(C)NC(=O)CC#N. The Morgan fingerprint density at radius 3 is 2.56 bits per heavy atom. The van der Waals surface area contributed by atoms with Gasteiger partial charge in [0.05, 0.1) is 6.07 Å². The van der Waals surface area contributed by atoms with Gasteiger partial charge in [0.2, 0.25) is 5.91 Å². The number of hydrogen-bond donors (Lipinski definition) is 1. The van der Waals surface area contributed by atoms with E-state index in [-0.39, 0.29) is 18.4 Å². The molecule has 0 fully saturated rings. The summed E-state index contributed by atoms with van der Waals surface area (Å²) < 4.78 is 0. The van der Waals surface area contributed by atoms with Gasteiger partial charge in [0.1, 0.15) is 6.42 Å². The molecule has 0 aliphatic rings. The van der Waals surface area contributed by atoms with E-state index in [1.165, 1.54) is 0 Å². The van der Waals surface area contributed by atoms with Gasteiger partial charge < -0.3 is 10.2 Å². The smallest absolute Gasteiger partial charge is 0.234 e. The molecule has 0 spiro atoms. The lowest BCUT2D eigenvalue weighted by atomic mass is 10.1. The molecule has 0 saturated carbocycles. The molecule has 1 atom stereocenters. The van der Waals surface area contributed by atoms with E-state index < -0.39 is 0 Å². The summed E-state index contributed by atoms with van der Waals surface area (Å²) in [5, 5.41) is 11.2. The van der Waals surface area contributed by atoms with Crippen LogP contribution in [0.1, 0.15) is 40.0 Å². The highest BCUT2D eigenvalue weighted by Crippen LogP contribution is 1.99. The third-order valence-electron chi connectivity index (χ3n) is 2.65. The van der Waals surface area contributed by atoms with E-state index in [0.717, 1.165) is 32.5 Å². The molecule has 0 aromatic heterocycles. The van der Waals surface area contributed by atoms with Crippen molar-refractivity contribution in [1.29, 1.82) is 5.26 Å². The van der Waals surface area contributed by atoms with Crippen molar-refractivity contribution in [3.8, 4) is 6.07 Å². The van der Waals surface area contributed by atoms with Crippen LogP contribution < -0.4 is 5.32 Å². The van der Waals surface area contributed by atoms with Crippen molar-refractivity contribution in [2.75, 3.05) is 19.6 Å². The van der Waals surface area contributed by atoms with Gasteiger partial charge in [-0.05, 0) is 39.4 Å². The van der Waals surface area contributed by atoms with E-state index in [1.807, 2.05) is 13.0 Å². The van der Waals surface area contributed by atoms with Crippen LogP contribution in [0.4, 0.5) is 0 Å². The Morgan fingerprint density at radius 2 is 2.06 bits per heavy atom. The fraction of sp³-hybridized carbons (Fsp3) is 0.833. The van der Waals surface area contributed by atoms with Crippen LogP contribution in [0, 0.1) is 11.3 Å². The van der Waals surface area contributed by atoms with E-state index in [1.54, 1.807) is 0 Å². The minimum Gasteiger partial charge on any atom is -0.353 e. The van der Waals surface area contributed by atoms with Gasteiger partial charge in [-0.25, -0.2) is 0 Å². The molecule has 0 saturated heterocycles. The topological polar surface area (TPSA) is 56.1 Å². The van der Waals surface area contributed by atoms with Crippen LogP contribution >= 0.6 is 0 Å². The molecule has 16 heavy (non-hydrogen) atoms. The minimum absolute atomic E-state index is 0.0413. The lowest BCUT2D eigenvalue weighted by Crippen LogP contribution is -2.33. The predicted molar refractivity (Wildman–Crippen MR) is 64.9 cm³/mol. The number of carbonyl (C=O) groups excluding carboxylic acids is 1. The molecule has 0 bridgehead atoms. The average Bonchev–Trinajstić information content (AvgIpc) is 2.24. The molecule has 0 aliphatic carbocycles. The highest BCUT2D eigenvalue weighted by Gasteiger charge is 2.07. The van der Waals surface area contributed by atoms with Crippen molar-refractivity contribution in [2.24, 2.45) is 0 Å². The average molecular weight is 225 g/mol. The molecule has 0 radical (unpaired) electrons. The molecule has 0 aliphatic heterocycles. The van der Waals surface area contributed by atoms with Crippen molar-refractivity contribution in [2.45, 2.75) is 46.1 Å². The molecule has 4 heteroatoms. The summed E-state index contributed by atoms with van der Waals surface area (Å²) >= 11 is 0. The van der Waals surface area contributed by atoms with Gasteiger partial charge in [0.25, 0.3) is 0 Å². The van der Waals surface area contributed by atoms with Crippen LogP contribution in [0.25, 0.3) is 0 Å². The first-order valence-corrected chi connectivity index (χ1v) is 6.02. The molecule has 4 nitrogen and oxygen atoms in total. The molecule has 0 aromatic carbocycles. The van der Waals surface area contributed by atoms with Crippen LogP contribution in [0.3, 0.4) is 0 Å². The second-order valence-corrected chi connectivity index (χ2v) is 3.97. The number of nitrogens with zero attached hydrogens (tertiary/aromatic N) is 2. The summed E-state index contributed by atoms with van der Waals surface area (Å²) in [5.41, 5.74) is 0. The first kappa shape index (κ1) is 14.9. The second-order valence-electron chi connectivity index (χ2n) is 3.97. The number of amides is 1. The summed E-state index contributed by atoms with van der Waals surface area (Å²) in [4.78, 5) is 13.5. The number of rotatable bonds is 8. The van der Waals surface area contributed by atoms with E-state index in [2.05, 4.69) is 24.1 Å². The van der Waals surface area contributed by atoms with Gasteiger partial charge in [0, 0.05) is 6.04 Å². The summed E-state index contributed by atoms with van der Waals surface area (Å²) in [6.45, 7) is 9.52. The Bertz CT molecular complexity index is 231. The highest BCUT2D eigenvalue weighted by atomic mass is 16.1. The van der Waals surface area contributed by atoms with Crippen molar-refractivity contribution >= 4 is 5.91 Å². The summed E-state index contributed by atoms with van der Waals surface area (Å²) in [6.07, 6.45) is 2.00.